The molecule has 0 spiro atoms. The Hall–Kier alpha value is -1.10. The van der Waals surface area contributed by atoms with Crippen LogP contribution < -0.4 is 5.56 Å². The van der Waals surface area contributed by atoms with Crippen LogP contribution in [0.15, 0.2) is 15.3 Å². The van der Waals surface area contributed by atoms with E-state index in [4.69, 9.17) is 5.11 Å². The fourth-order valence-corrected chi connectivity index (χ4v) is 2.32. The van der Waals surface area contributed by atoms with Crippen molar-refractivity contribution in [1.29, 1.82) is 0 Å². The minimum Gasteiger partial charge on any atom is -0.477 e. The van der Waals surface area contributed by atoms with Crippen molar-refractivity contribution in [2.75, 3.05) is 0 Å². The van der Waals surface area contributed by atoms with Gasteiger partial charge in [-0.2, -0.15) is 0 Å². The van der Waals surface area contributed by atoms with Gasteiger partial charge in [-0.3, -0.25) is 4.79 Å². The van der Waals surface area contributed by atoms with E-state index in [0.29, 0.717) is 10.4 Å². The van der Waals surface area contributed by atoms with Crippen molar-refractivity contribution in [2.24, 2.45) is 0 Å². The molecule has 0 bridgehead atoms. The average molecular weight is 272 g/mol. The molecule has 0 aliphatic heterocycles. The molecule has 80 valence electrons. The third kappa shape index (κ3) is 1.84. The Labute approximate surface area is 94.5 Å². The molecule has 0 aromatic carbocycles. The van der Waals surface area contributed by atoms with Gasteiger partial charge in [-0.05, 0) is 34.8 Å². The van der Waals surface area contributed by atoms with Crippen LogP contribution in [0, 0.1) is 0 Å². The number of carboxylic acid groups (broad SMARTS) is 1. The average Bonchev–Trinajstić information content (AvgIpc) is 2.07. The van der Waals surface area contributed by atoms with Gasteiger partial charge in [-0.15, -0.1) is 0 Å². The van der Waals surface area contributed by atoms with Crippen molar-refractivity contribution in [2.45, 2.75) is 25.2 Å². The van der Waals surface area contributed by atoms with Crippen LogP contribution in [0.3, 0.4) is 0 Å². The molecule has 0 atom stereocenters. The number of H-pyrrole nitrogens is 1. The van der Waals surface area contributed by atoms with E-state index in [1.54, 1.807) is 0 Å². The Morgan fingerprint density at radius 1 is 1.53 bits per heavy atom. The van der Waals surface area contributed by atoms with Gasteiger partial charge in [-0.25, -0.2) is 4.79 Å². The van der Waals surface area contributed by atoms with E-state index in [9.17, 15) is 9.59 Å². The first-order valence-electron chi connectivity index (χ1n) is 4.75. The maximum absolute atomic E-state index is 11.4. The first kappa shape index (κ1) is 10.4. The lowest BCUT2D eigenvalue weighted by Crippen LogP contribution is -2.22. The van der Waals surface area contributed by atoms with Crippen LogP contribution in [-0.4, -0.2) is 16.1 Å². The fraction of sp³-hybridized carbons (Fsp3) is 0.400. The number of pyridine rings is 1. The van der Waals surface area contributed by atoms with Gasteiger partial charge in [0.25, 0.3) is 5.56 Å². The highest BCUT2D eigenvalue weighted by Gasteiger charge is 2.24. The Morgan fingerprint density at radius 3 is 2.67 bits per heavy atom. The lowest BCUT2D eigenvalue weighted by atomic mass is 9.82. The highest BCUT2D eigenvalue weighted by Crippen LogP contribution is 2.38. The molecule has 0 saturated heterocycles. The van der Waals surface area contributed by atoms with Crippen molar-refractivity contribution in [3.05, 3.63) is 32.2 Å². The zero-order chi connectivity index (χ0) is 11.0. The van der Waals surface area contributed by atoms with E-state index in [1.807, 2.05) is 0 Å². The summed E-state index contributed by atoms with van der Waals surface area (Å²) in [5.41, 5.74) is 0.0915. The summed E-state index contributed by atoms with van der Waals surface area (Å²) in [5.74, 6) is -0.827. The third-order valence-corrected chi connectivity index (χ3v) is 3.42. The molecule has 1 aliphatic carbocycles. The van der Waals surface area contributed by atoms with Crippen molar-refractivity contribution >= 4 is 21.9 Å². The molecular weight excluding hydrogens is 262 g/mol. The number of carbonyl (C=O) groups is 1. The number of halogens is 1. The summed E-state index contributed by atoms with van der Waals surface area (Å²) in [6.45, 7) is 0. The Bertz CT molecular complexity index is 462. The smallest absolute Gasteiger partial charge is 0.341 e. The molecule has 4 nitrogen and oxygen atoms in total. The number of carboxylic acids is 1. The first-order chi connectivity index (χ1) is 7.09. The zero-order valence-corrected chi connectivity index (χ0v) is 9.50. The predicted octanol–water partition coefficient (Wildman–Crippen LogP) is 2.10. The number of aromatic carboxylic acids is 1. The number of nitrogens with one attached hydrogen (secondary N) is 1. The van der Waals surface area contributed by atoms with Gasteiger partial charge in [0.15, 0.2) is 0 Å². The van der Waals surface area contributed by atoms with Gasteiger partial charge in [-0.1, -0.05) is 6.42 Å². The van der Waals surface area contributed by atoms with Crippen molar-refractivity contribution in [3.63, 3.8) is 0 Å². The molecule has 1 aliphatic rings. The Balaban J connectivity index is 2.47. The second-order valence-corrected chi connectivity index (χ2v) is 4.56. The van der Waals surface area contributed by atoms with Crippen LogP contribution in [0.4, 0.5) is 0 Å². The Kier molecular flexibility index (Phi) is 2.65. The fourth-order valence-electron chi connectivity index (χ4n) is 1.67. The Morgan fingerprint density at radius 2 is 2.20 bits per heavy atom. The number of hydrogen-bond acceptors (Lipinski definition) is 2. The quantitative estimate of drug-likeness (QED) is 0.866. The molecule has 0 unspecified atom stereocenters. The standard InChI is InChI=1S/C10H10BrNO3/c11-7-4-6(10(14)15)9(13)12-8(7)5-2-1-3-5/h4-5H,1-3H2,(H,12,13)(H,14,15). The van der Waals surface area contributed by atoms with Crippen LogP contribution in [0.2, 0.25) is 0 Å². The van der Waals surface area contributed by atoms with E-state index in [0.717, 1.165) is 18.5 Å². The van der Waals surface area contributed by atoms with Crippen LogP contribution in [0.25, 0.3) is 0 Å². The molecule has 1 aromatic rings. The van der Waals surface area contributed by atoms with E-state index >= 15 is 0 Å². The normalized spacial score (nSPS) is 16.1. The van der Waals surface area contributed by atoms with Gasteiger partial charge in [0.1, 0.15) is 5.56 Å². The molecule has 1 heterocycles. The van der Waals surface area contributed by atoms with Crippen LogP contribution in [0.5, 0.6) is 0 Å². The monoisotopic (exact) mass is 271 g/mol. The summed E-state index contributed by atoms with van der Waals surface area (Å²) < 4.78 is 0.684. The van der Waals surface area contributed by atoms with Crippen molar-refractivity contribution < 1.29 is 9.90 Å². The van der Waals surface area contributed by atoms with Crippen LogP contribution in [-0.2, 0) is 0 Å². The summed E-state index contributed by atoms with van der Waals surface area (Å²) in [7, 11) is 0. The largest absolute Gasteiger partial charge is 0.477 e. The van der Waals surface area contributed by atoms with Crippen molar-refractivity contribution in [1.82, 2.24) is 4.98 Å². The van der Waals surface area contributed by atoms with Crippen LogP contribution >= 0.6 is 15.9 Å². The minimum absolute atomic E-state index is 0.218. The maximum atomic E-state index is 11.4. The molecule has 15 heavy (non-hydrogen) atoms. The molecule has 2 N–H and O–H groups in total. The van der Waals surface area contributed by atoms with Gasteiger partial charge in [0, 0.05) is 16.1 Å². The molecule has 1 aromatic heterocycles. The van der Waals surface area contributed by atoms with Crippen LogP contribution in [0.1, 0.15) is 41.2 Å². The highest BCUT2D eigenvalue weighted by atomic mass is 79.9. The van der Waals surface area contributed by atoms with Gasteiger partial charge < -0.3 is 10.1 Å². The highest BCUT2D eigenvalue weighted by molar-refractivity contribution is 9.10. The summed E-state index contributed by atoms with van der Waals surface area (Å²) in [6.07, 6.45) is 3.28. The molecule has 0 radical (unpaired) electrons. The second kappa shape index (κ2) is 3.81. The van der Waals surface area contributed by atoms with E-state index in [2.05, 4.69) is 20.9 Å². The summed E-state index contributed by atoms with van der Waals surface area (Å²) in [6, 6.07) is 1.38. The zero-order valence-electron chi connectivity index (χ0n) is 7.92. The SMILES string of the molecule is O=C(O)c1cc(Br)c(C2CCC2)[nH]c1=O. The summed E-state index contributed by atoms with van der Waals surface area (Å²) in [4.78, 5) is 24.8. The molecule has 1 fully saturated rings. The lowest BCUT2D eigenvalue weighted by molar-refractivity contribution is 0.0694. The number of rotatable bonds is 2. The second-order valence-electron chi connectivity index (χ2n) is 3.71. The predicted molar refractivity (Wildman–Crippen MR) is 58.3 cm³/mol. The third-order valence-electron chi connectivity index (χ3n) is 2.77. The van der Waals surface area contributed by atoms with E-state index < -0.39 is 11.5 Å². The molecular formula is C10H10BrNO3. The maximum Gasteiger partial charge on any atom is 0.341 e. The summed E-state index contributed by atoms with van der Waals surface area (Å²) >= 11 is 3.29. The molecule has 5 heteroatoms. The van der Waals surface area contributed by atoms with E-state index in [-0.39, 0.29) is 5.56 Å². The topological polar surface area (TPSA) is 70.2 Å². The molecule has 1 saturated carbocycles. The first-order valence-corrected chi connectivity index (χ1v) is 5.55. The summed E-state index contributed by atoms with van der Waals surface area (Å²) in [5, 5.41) is 8.75. The number of hydrogen-bond donors (Lipinski definition) is 2. The van der Waals surface area contributed by atoms with E-state index in [1.165, 1.54) is 12.5 Å². The number of aromatic nitrogens is 1. The van der Waals surface area contributed by atoms with Gasteiger partial charge in [0.05, 0.1) is 0 Å². The lowest BCUT2D eigenvalue weighted by Gasteiger charge is -2.26. The number of aromatic amines is 1. The van der Waals surface area contributed by atoms with Crippen molar-refractivity contribution in [3.8, 4) is 0 Å². The minimum atomic E-state index is -1.20. The molecule has 0 amide bonds. The molecule has 2 rings (SSSR count). The van der Waals surface area contributed by atoms with Gasteiger partial charge >= 0.3 is 5.97 Å². The van der Waals surface area contributed by atoms with Gasteiger partial charge in [0.2, 0.25) is 0 Å².